The number of likely N-dealkylation sites (tertiary alicyclic amines) is 1. The van der Waals surface area contributed by atoms with Crippen molar-refractivity contribution in [2.45, 2.75) is 18.2 Å². The SMILES string of the molecule is C#CC[C@@H]1C(=O)N(Cc2ccccc2)C(=O)[C@H]1SC(=S)OC. The van der Waals surface area contributed by atoms with Gasteiger partial charge >= 0.3 is 0 Å². The van der Waals surface area contributed by atoms with Gasteiger partial charge in [-0.1, -0.05) is 42.1 Å². The van der Waals surface area contributed by atoms with Gasteiger partial charge in [0.1, 0.15) is 5.25 Å². The fourth-order valence-corrected chi connectivity index (χ4v) is 3.51. The molecule has 0 unspecified atom stereocenters. The van der Waals surface area contributed by atoms with Crippen molar-refractivity contribution in [3.05, 3.63) is 35.9 Å². The molecule has 0 N–H and O–H groups in total. The summed E-state index contributed by atoms with van der Waals surface area (Å²) in [5.41, 5.74) is 0.892. The first-order valence-corrected chi connectivity index (χ1v) is 7.94. The van der Waals surface area contributed by atoms with Crippen LogP contribution in [-0.4, -0.2) is 33.5 Å². The summed E-state index contributed by atoms with van der Waals surface area (Å²) in [6, 6.07) is 9.36. The third-order valence-corrected chi connectivity index (χ3v) is 4.97. The number of thioether (sulfide) groups is 1. The van der Waals surface area contributed by atoms with E-state index in [1.807, 2.05) is 30.3 Å². The third-order valence-electron chi connectivity index (χ3n) is 3.37. The van der Waals surface area contributed by atoms with E-state index in [-0.39, 0.29) is 29.2 Å². The van der Waals surface area contributed by atoms with E-state index in [0.717, 1.165) is 17.3 Å². The molecule has 1 aromatic carbocycles. The van der Waals surface area contributed by atoms with Gasteiger partial charge in [0.05, 0.1) is 19.6 Å². The Labute approximate surface area is 139 Å². The zero-order chi connectivity index (χ0) is 16.1. The highest BCUT2D eigenvalue weighted by atomic mass is 32.2. The number of ether oxygens (including phenoxy) is 1. The highest BCUT2D eigenvalue weighted by Crippen LogP contribution is 2.34. The molecule has 2 atom stereocenters. The summed E-state index contributed by atoms with van der Waals surface area (Å²) in [4.78, 5) is 26.3. The Hall–Kier alpha value is -1.84. The van der Waals surface area contributed by atoms with E-state index < -0.39 is 11.2 Å². The molecule has 2 amide bonds. The standard InChI is InChI=1S/C16H15NO3S2/c1-3-7-12-13(22-16(21)20-2)15(19)17(14(12)18)10-11-8-5-4-6-9-11/h1,4-6,8-9,12-13H,7,10H2,2H3/t12-,13-/m0/s1. The number of nitrogens with zero attached hydrogens (tertiary/aromatic N) is 1. The molecule has 4 nitrogen and oxygen atoms in total. The maximum Gasteiger partial charge on any atom is 0.243 e. The Balaban J connectivity index is 2.21. The van der Waals surface area contributed by atoms with Gasteiger partial charge in [-0.3, -0.25) is 14.5 Å². The average molecular weight is 333 g/mol. The topological polar surface area (TPSA) is 46.6 Å². The molecular weight excluding hydrogens is 318 g/mol. The number of terminal acetylenes is 1. The van der Waals surface area contributed by atoms with E-state index in [2.05, 4.69) is 5.92 Å². The summed E-state index contributed by atoms with van der Waals surface area (Å²) in [6.45, 7) is 0.246. The molecule has 0 spiro atoms. The summed E-state index contributed by atoms with van der Waals surface area (Å²) in [5, 5.41) is -0.611. The molecule has 1 saturated heterocycles. The van der Waals surface area contributed by atoms with Gasteiger partial charge in [0, 0.05) is 6.42 Å². The number of carbonyl (C=O) groups excluding carboxylic acids is 2. The highest BCUT2D eigenvalue weighted by molar-refractivity contribution is 8.23. The molecule has 1 aliphatic heterocycles. The summed E-state index contributed by atoms with van der Waals surface area (Å²) < 4.78 is 5.17. The van der Waals surface area contributed by atoms with Gasteiger partial charge in [-0.05, 0) is 17.8 Å². The van der Waals surface area contributed by atoms with E-state index >= 15 is 0 Å². The molecule has 1 aromatic rings. The van der Waals surface area contributed by atoms with Gasteiger partial charge in [0.2, 0.25) is 16.2 Å². The van der Waals surface area contributed by atoms with E-state index in [0.29, 0.717) is 0 Å². The molecule has 1 aliphatic rings. The maximum atomic E-state index is 12.6. The molecule has 0 aliphatic carbocycles. The summed E-state index contributed by atoms with van der Waals surface area (Å²) in [5.74, 6) is 1.40. The summed E-state index contributed by atoms with van der Waals surface area (Å²) in [7, 11) is 1.44. The van der Waals surface area contributed by atoms with Crippen LogP contribution >= 0.6 is 24.0 Å². The Morgan fingerprint density at radius 3 is 2.64 bits per heavy atom. The molecule has 2 rings (SSSR count). The van der Waals surface area contributed by atoms with E-state index in [9.17, 15) is 9.59 Å². The monoisotopic (exact) mass is 333 g/mol. The van der Waals surface area contributed by atoms with Crippen molar-refractivity contribution >= 4 is 40.2 Å². The molecule has 6 heteroatoms. The first-order chi connectivity index (χ1) is 10.6. The van der Waals surface area contributed by atoms with Crippen LogP contribution in [-0.2, 0) is 20.9 Å². The van der Waals surface area contributed by atoms with Crippen LogP contribution in [0.1, 0.15) is 12.0 Å². The lowest BCUT2D eigenvalue weighted by molar-refractivity contribution is -0.139. The number of imide groups is 1. The van der Waals surface area contributed by atoms with Crippen LogP contribution in [0, 0.1) is 18.3 Å². The van der Waals surface area contributed by atoms with Crippen molar-refractivity contribution < 1.29 is 14.3 Å². The molecule has 1 heterocycles. The van der Waals surface area contributed by atoms with Crippen LogP contribution in [0.15, 0.2) is 30.3 Å². The fraction of sp³-hybridized carbons (Fsp3) is 0.312. The van der Waals surface area contributed by atoms with Crippen molar-refractivity contribution in [3.63, 3.8) is 0 Å². The van der Waals surface area contributed by atoms with Crippen LogP contribution in [0.2, 0.25) is 0 Å². The normalized spacial score (nSPS) is 20.8. The van der Waals surface area contributed by atoms with Crippen LogP contribution in [0.25, 0.3) is 0 Å². The van der Waals surface area contributed by atoms with Gasteiger partial charge in [-0.25, -0.2) is 0 Å². The maximum absolute atomic E-state index is 12.6. The summed E-state index contributed by atoms with van der Waals surface area (Å²) >= 11 is 6.08. The number of hydrogen-bond acceptors (Lipinski definition) is 5. The average Bonchev–Trinajstić information content (AvgIpc) is 2.74. The first-order valence-electron chi connectivity index (χ1n) is 6.65. The molecule has 1 fully saturated rings. The zero-order valence-corrected chi connectivity index (χ0v) is 13.7. The second-order valence-corrected chi connectivity index (χ2v) is 6.50. The lowest BCUT2D eigenvalue weighted by atomic mass is 10.0. The fourth-order valence-electron chi connectivity index (χ4n) is 2.29. The van der Waals surface area contributed by atoms with Crippen molar-refractivity contribution in [2.24, 2.45) is 5.92 Å². The van der Waals surface area contributed by atoms with Crippen molar-refractivity contribution in [1.82, 2.24) is 4.90 Å². The lowest BCUT2D eigenvalue weighted by Gasteiger charge is -2.14. The lowest BCUT2D eigenvalue weighted by Crippen LogP contribution is -2.31. The van der Waals surface area contributed by atoms with Gasteiger partial charge < -0.3 is 4.74 Å². The second-order valence-electron chi connectivity index (χ2n) is 4.76. The number of hydrogen-bond donors (Lipinski definition) is 0. The predicted octanol–water partition coefficient (Wildman–Crippen LogP) is 2.23. The van der Waals surface area contributed by atoms with Crippen molar-refractivity contribution in [3.8, 4) is 12.3 Å². The summed E-state index contributed by atoms with van der Waals surface area (Å²) in [6.07, 6.45) is 5.54. The van der Waals surface area contributed by atoms with Gasteiger partial charge in [0.25, 0.3) is 0 Å². The molecule has 0 saturated carbocycles. The largest absolute Gasteiger partial charge is 0.482 e. The number of thiocarbonyl (C=S) groups is 1. The first kappa shape index (κ1) is 16.5. The minimum atomic E-state index is -0.611. The van der Waals surface area contributed by atoms with Crippen LogP contribution in [0.5, 0.6) is 0 Å². The number of benzene rings is 1. The molecule has 0 bridgehead atoms. The minimum Gasteiger partial charge on any atom is -0.482 e. The minimum absolute atomic E-state index is 0.208. The second kappa shape index (κ2) is 7.43. The Bertz CT molecular complexity index is 624. The van der Waals surface area contributed by atoms with E-state index in [4.69, 9.17) is 23.4 Å². The van der Waals surface area contributed by atoms with Crippen LogP contribution in [0.4, 0.5) is 0 Å². The Morgan fingerprint density at radius 1 is 1.36 bits per heavy atom. The van der Waals surface area contributed by atoms with Gasteiger partial charge in [0.15, 0.2) is 0 Å². The molecule has 0 radical (unpaired) electrons. The predicted molar refractivity (Wildman–Crippen MR) is 89.9 cm³/mol. The molecule has 114 valence electrons. The quantitative estimate of drug-likeness (QED) is 0.480. The van der Waals surface area contributed by atoms with E-state index in [1.165, 1.54) is 12.0 Å². The third kappa shape index (κ3) is 3.49. The number of methoxy groups -OCH3 is 1. The molecule has 0 aromatic heterocycles. The highest BCUT2D eigenvalue weighted by Gasteiger charge is 2.48. The van der Waals surface area contributed by atoms with Crippen molar-refractivity contribution in [2.75, 3.05) is 7.11 Å². The molecule has 22 heavy (non-hydrogen) atoms. The van der Waals surface area contributed by atoms with Gasteiger partial charge in [-0.15, -0.1) is 12.3 Å². The molecular formula is C16H15NO3S2. The Morgan fingerprint density at radius 2 is 2.05 bits per heavy atom. The van der Waals surface area contributed by atoms with E-state index in [1.54, 1.807) is 0 Å². The number of carbonyl (C=O) groups is 2. The van der Waals surface area contributed by atoms with Gasteiger partial charge in [-0.2, -0.15) is 0 Å². The Kier molecular flexibility index (Phi) is 5.58. The van der Waals surface area contributed by atoms with Crippen molar-refractivity contribution in [1.29, 1.82) is 0 Å². The smallest absolute Gasteiger partial charge is 0.243 e. The van der Waals surface area contributed by atoms with Crippen LogP contribution in [0.3, 0.4) is 0 Å². The number of rotatable bonds is 4. The van der Waals surface area contributed by atoms with Crippen LogP contribution < -0.4 is 0 Å². The number of amides is 2. The zero-order valence-electron chi connectivity index (χ0n) is 12.0.